The molecule has 1 aromatic carbocycles. The number of anilines is 1. The van der Waals surface area contributed by atoms with Gasteiger partial charge in [0.2, 0.25) is 5.91 Å². The molecule has 1 amide bonds. The van der Waals surface area contributed by atoms with Gasteiger partial charge in [-0.3, -0.25) is 14.5 Å². The van der Waals surface area contributed by atoms with Gasteiger partial charge in [0, 0.05) is 5.69 Å². The fraction of sp³-hybridized carbons (Fsp3) is 0.381. The number of benzene rings is 1. The molecule has 5 nitrogen and oxygen atoms in total. The summed E-state index contributed by atoms with van der Waals surface area (Å²) in [5.74, 6) is 1.19. The third-order valence-corrected chi connectivity index (χ3v) is 5.99. The molecule has 7 heteroatoms. The predicted molar refractivity (Wildman–Crippen MR) is 119 cm³/mol. The molecular formula is C21H26N4OS2. The zero-order valence-electron chi connectivity index (χ0n) is 16.8. The molecule has 0 aliphatic carbocycles. The Morgan fingerprint density at radius 1 is 1.11 bits per heavy atom. The summed E-state index contributed by atoms with van der Waals surface area (Å²) in [6, 6.07) is 9.66. The van der Waals surface area contributed by atoms with Gasteiger partial charge in [0.15, 0.2) is 10.6 Å². The minimum Gasteiger partial charge on any atom is -0.324 e. The van der Waals surface area contributed by atoms with Crippen molar-refractivity contribution in [2.75, 3.05) is 5.32 Å². The maximum absolute atomic E-state index is 13.2. The Morgan fingerprint density at radius 3 is 2.29 bits per heavy atom. The lowest BCUT2D eigenvalue weighted by atomic mass is 9.92. The van der Waals surface area contributed by atoms with E-state index in [1.807, 2.05) is 24.4 Å². The minimum atomic E-state index is -0.497. The van der Waals surface area contributed by atoms with E-state index in [0.29, 0.717) is 22.4 Å². The topological polar surface area (TPSA) is 62.7 Å². The molecule has 1 atom stereocenters. The van der Waals surface area contributed by atoms with Crippen LogP contribution in [-0.4, -0.2) is 20.7 Å². The highest BCUT2D eigenvalue weighted by Gasteiger charge is 2.24. The normalized spacial score (nSPS) is 12.5. The van der Waals surface area contributed by atoms with Gasteiger partial charge < -0.3 is 5.32 Å². The Labute approximate surface area is 174 Å². The molecule has 0 saturated carbocycles. The number of nitrogens with zero attached hydrogens (tertiary/aromatic N) is 2. The first-order valence-corrected chi connectivity index (χ1v) is 10.7. The Morgan fingerprint density at radius 2 is 1.75 bits per heavy atom. The Kier molecular flexibility index (Phi) is 6.15. The molecule has 0 aliphatic heterocycles. The summed E-state index contributed by atoms with van der Waals surface area (Å²) in [6.07, 6.45) is 0. The number of carbonyl (C=O) groups is 1. The highest BCUT2D eigenvalue weighted by Crippen LogP contribution is 2.33. The predicted octanol–water partition coefficient (Wildman–Crippen LogP) is 6.12. The van der Waals surface area contributed by atoms with Crippen LogP contribution in [0.15, 0.2) is 35.7 Å². The van der Waals surface area contributed by atoms with E-state index in [9.17, 15) is 4.79 Å². The molecule has 0 spiro atoms. The maximum atomic E-state index is 13.2. The van der Waals surface area contributed by atoms with Crippen molar-refractivity contribution < 1.29 is 4.79 Å². The van der Waals surface area contributed by atoms with Crippen LogP contribution in [0, 0.1) is 4.77 Å². The van der Waals surface area contributed by atoms with Crippen LogP contribution in [0.4, 0.5) is 5.69 Å². The first-order chi connectivity index (χ1) is 13.3. The first kappa shape index (κ1) is 20.5. The van der Waals surface area contributed by atoms with Crippen LogP contribution in [0.5, 0.6) is 0 Å². The van der Waals surface area contributed by atoms with Crippen LogP contribution in [0.2, 0.25) is 0 Å². The molecule has 0 bridgehead atoms. The average molecular weight is 415 g/mol. The molecule has 1 unspecified atom stereocenters. The molecule has 3 rings (SSSR count). The number of hydrogen-bond donors (Lipinski definition) is 2. The number of aromatic amines is 1. The van der Waals surface area contributed by atoms with E-state index in [-0.39, 0.29) is 5.91 Å². The largest absolute Gasteiger partial charge is 0.324 e. The van der Waals surface area contributed by atoms with Crippen LogP contribution in [0.25, 0.3) is 10.7 Å². The Hall–Kier alpha value is -2.25. The van der Waals surface area contributed by atoms with Crippen LogP contribution >= 0.6 is 23.6 Å². The van der Waals surface area contributed by atoms with E-state index in [2.05, 4.69) is 61.4 Å². The summed E-state index contributed by atoms with van der Waals surface area (Å²) >= 11 is 6.98. The molecule has 2 heterocycles. The van der Waals surface area contributed by atoms with E-state index >= 15 is 0 Å². The summed E-state index contributed by atoms with van der Waals surface area (Å²) in [7, 11) is 0. The average Bonchev–Trinajstić information content (AvgIpc) is 3.30. The van der Waals surface area contributed by atoms with Gasteiger partial charge in [-0.15, -0.1) is 11.3 Å². The number of amides is 1. The van der Waals surface area contributed by atoms with Crippen molar-refractivity contribution in [3.63, 3.8) is 0 Å². The zero-order valence-corrected chi connectivity index (χ0v) is 18.4. The second-order valence-electron chi connectivity index (χ2n) is 7.49. The van der Waals surface area contributed by atoms with Gasteiger partial charge in [-0.1, -0.05) is 52.0 Å². The van der Waals surface area contributed by atoms with E-state index in [0.717, 1.165) is 21.7 Å². The minimum absolute atomic E-state index is 0.106. The van der Waals surface area contributed by atoms with Crippen molar-refractivity contribution in [3.05, 3.63) is 51.6 Å². The van der Waals surface area contributed by atoms with Crippen molar-refractivity contribution in [3.8, 4) is 10.7 Å². The number of nitrogens with one attached hydrogen (secondary N) is 2. The first-order valence-electron chi connectivity index (χ1n) is 9.45. The third kappa shape index (κ3) is 3.95. The van der Waals surface area contributed by atoms with Crippen molar-refractivity contribution in [2.24, 2.45) is 0 Å². The van der Waals surface area contributed by atoms with Gasteiger partial charge in [0.1, 0.15) is 6.04 Å². The van der Waals surface area contributed by atoms with Crippen molar-refractivity contribution in [1.29, 1.82) is 0 Å². The van der Waals surface area contributed by atoms with Crippen LogP contribution in [0.3, 0.4) is 0 Å². The molecule has 0 aliphatic rings. The quantitative estimate of drug-likeness (QED) is 0.478. The highest BCUT2D eigenvalue weighted by molar-refractivity contribution is 7.71. The number of carbonyl (C=O) groups excluding carboxylic acids is 1. The molecule has 2 aromatic heterocycles. The number of aromatic nitrogens is 3. The molecule has 0 fully saturated rings. The van der Waals surface area contributed by atoms with Gasteiger partial charge in [0.25, 0.3) is 0 Å². The maximum Gasteiger partial charge on any atom is 0.247 e. The lowest BCUT2D eigenvalue weighted by Crippen LogP contribution is -2.25. The molecule has 2 N–H and O–H groups in total. The van der Waals surface area contributed by atoms with Crippen molar-refractivity contribution in [2.45, 2.75) is 52.5 Å². The summed E-state index contributed by atoms with van der Waals surface area (Å²) in [4.78, 5) is 14.2. The summed E-state index contributed by atoms with van der Waals surface area (Å²) in [5.41, 5.74) is 3.19. The van der Waals surface area contributed by atoms with Gasteiger partial charge in [-0.2, -0.15) is 5.10 Å². The SMILES string of the molecule is CC(C)c1cccc(C(C)C)c1NC(=O)C(C)n1c(-c2cccs2)n[nH]c1=S. The summed E-state index contributed by atoms with van der Waals surface area (Å²) in [6.45, 7) is 10.4. The number of H-pyrrole nitrogens is 1. The smallest absolute Gasteiger partial charge is 0.247 e. The summed E-state index contributed by atoms with van der Waals surface area (Å²) < 4.78 is 2.22. The van der Waals surface area contributed by atoms with E-state index in [1.54, 1.807) is 15.9 Å². The van der Waals surface area contributed by atoms with E-state index in [4.69, 9.17) is 12.2 Å². The van der Waals surface area contributed by atoms with Gasteiger partial charge in [-0.25, -0.2) is 0 Å². The molecule has 0 saturated heterocycles. The van der Waals surface area contributed by atoms with Gasteiger partial charge in [-0.05, 0) is 53.6 Å². The van der Waals surface area contributed by atoms with Crippen molar-refractivity contribution in [1.82, 2.24) is 14.8 Å². The second-order valence-corrected chi connectivity index (χ2v) is 8.82. The lowest BCUT2D eigenvalue weighted by molar-refractivity contribution is -0.118. The van der Waals surface area contributed by atoms with E-state index < -0.39 is 6.04 Å². The van der Waals surface area contributed by atoms with E-state index in [1.165, 1.54) is 0 Å². The number of hydrogen-bond acceptors (Lipinski definition) is 4. The summed E-state index contributed by atoms with van der Waals surface area (Å²) in [5, 5.41) is 12.3. The van der Waals surface area contributed by atoms with Crippen molar-refractivity contribution >= 4 is 35.1 Å². The van der Waals surface area contributed by atoms with Gasteiger partial charge >= 0.3 is 0 Å². The fourth-order valence-corrected chi connectivity index (χ4v) is 4.28. The van der Waals surface area contributed by atoms with Gasteiger partial charge in [0.05, 0.1) is 4.88 Å². The molecule has 3 aromatic rings. The van der Waals surface area contributed by atoms with Crippen LogP contribution < -0.4 is 5.32 Å². The molecule has 28 heavy (non-hydrogen) atoms. The molecule has 148 valence electrons. The monoisotopic (exact) mass is 414 g/mol. The standard InChI is InChI=1S/C21H26N4OS2/c1-12(2)15-8-6-9-16(13(3)4)18(15)22-20(26)14(5)25-19(23-24-21(25)27)17-10-7-11-28-17/h6-14H,1-5H3,(H,22,26)(H,24,27). The fourth-order valence-electron chi connectivity index (χ4n) is 3.28. The second kappa shape index (κ2) is 8.41. The lowest BCUT2D eigenvalue weighted by Gasteiger charge is -2.22. The molecular weight excluding hydrogens is 388 g/mol. The van der Waals surface area contributed by atoms with Crippen LogP contribution in [-0.2, 0) is 4.79 Å². The number of rotatable bonds is 6. The third-order valence-electron chi connectivity index (χ3n) is 4.83. The Bertz CT molecular complexity index is 989. The highest BCUT2D eigenvalue weighted by atomic mass is 32.1. The number of thiophene rings is 1. The zero-order chi connectivity index (χ0) is 20.4. The number of para-hydroxylation sites is 1. The molecule has 0 radical (unpaired) electrons. The Balaban J connectivity index is 1.98. The van der Waals surface area contributed by atoms with Crippen LogP contribution in [0.1, 0.15) is 63.6 Å².